The van der Waals surface area contributed by atoms with Crippen molar-refractivity contribution in [3.63, 3.8) is 0 Å². The average molecular weight is 286 g/mol. The summed E-state index contributed by atoms with van der Waals surface area (Å²) in [4.78, 5) is 11.9. The van der Waals surface area contributed by atoms with Crippen LogP contribution in [0.2, 0.25) is 5.02 Å². The Balaban J connectivity index is 2.46. The van der Waals surface area contributed by atoms with E-state index in [1.54, 1.807) is 4.68 Å². The Morgan fingerprint density at radius 1 is 1.47 bits per heavy atom. The molecule has 1 aromatic heterocycles. The Hall–Kier alpha value is -0.870. The highest BCUT2D eigenvalue weighted by molar-refractivity contribution is 6.32. The van der Waals surface area contributed by atoms with Gasteiger partial charge in [-0.1, -0.05) is 32.4 Å². The van der Waals surface area contributed by atoms with Gasteiger partial charge in [0.15, 0.2) is 0 Å². The molecule has 1 N–H and O–H groups in total. The van der Waals surface area contributed by atoms with E-state index in [4.69, 9.17) is 11.6 Å². The maximum atomic E-state index is 11.9. The van der Waals surface area contributed by atoms with Crippen molar-refractivity contribution < 1.29 is 4.79 Å². The van der Waals surface area contributed by atoms with Gasteiger partial charge in [-0.25, -0.2) is 0 Å². The molecule has 0 radical (unpaired) electrons. The highest BCUT2D eigenvalue weighted by atomic mass is 35.5. The molecule has 0 saturated heterocycles. The molecule has 0 saturated carbocycles. The molecule has 0 fully saturated rings. The lowest BCUT2D eigenvalue weighted by molar-refractivity contribution is -0.118. The predicted molar refractivity (Wildman–Crippen MR) is 78.7 cm³/mol. The minimum absolute atomic E-state index is 0.220. The number of aromatic nitrogens is 2. The molecule has 0 aromatic carbocycles. The van der Waals surface area contributed by atoms with E-state index in [0.29, 0.717) is 23.9 Å². The summed E-state index contributed by atoms with van der Waals surface area (Å²) in [6.45, 7) is 7.09. The van der Waals surface area contributed by atoms with Gasteiger partial charge in [0.25, 0.3) is 0 Å². The van der Waals surface area contributed by atoms with E-state index in [1.807, 2.05) is 14.0 Å². The predicted octanol–water partition coefficient (Wildman–Crippen LogP) is 2.53. The number of ketones is 1. The molecule has 0 unspecified atom stereocenters. The lowest BCUT2D eigenvalue weighted by atomic mass is 10.1. The maximum Gasteiger partial charge on any atom is 0.138 e. The van der Waals surface area contributed by atoms with Crippen molar-refractivity contribution in [2.75, 3.05) is 6.54 Å². The quantitative estimate of drug-likeness (QED) is 0.747. The Labute approximate surface area is 120 Å². The smallest absolute Gasteiger partial charge is 0.138 e. The molecule has 0 amide bonds. The van der Waals surface area contributed by atoms with E-state index in [0.717, 1.165) is 30.8 Å². The molecule has 0 bridgehead atoms. The third kappa shape index (κ3) is 4.96. The Morgan fingerprint density at radius 2 is 2.16 bits per heavy atom. The lowest BCUT2D eigenvalue weighted by Gasteiger charge is -2.07. The summed E-state index contributed by atoms with van der Waals surface area (Å²) in [5.74, 6) is 0.220. The fraction of sp³-hybridized carbons (Fsp3) is 0.714. The first-order valence-corrected chi connectivity index (χ1v) is 7.28. The SMILES string of the molecule is CCc1nn(C)c(CC(=O)CCCNC(C)C)c1Cl. The average Bonchev–Trinajstić information content (AvgIpc) is 2.62. The topological polar surface area (TPSA) is 46.9 Å². The number of halogens is 1. The largest absolute Gasteiger partial charge is 0.315 e. The Bertz CT molecular complexity index is 427. The number of hydrogen-bond donors (Lipinski definition) is 1. The highest BCUT2D eigenvalue weighted by Gasteiger charge is 2.15. The second-order valence-corrected chi connectivity index (χ2v) is 5.49. The molecule has 0 aliphatic heterocycles. The number of nitrogens with one attached hydrogen (secondary N) is 1. The maximum absolute atomic E-state index is 11.9. The van der Waals surface area contributed by atoms with Gasteiger partial charge < -0.3 is 5.32 Å². The third-order valence-corrected chi connectivity index (χ3v) is 3.49. The number of carbonyl (C=O) groups excluding carboxylic acids is 1. The molecule has 0 spiro atoms. The van der Waals surface area contributed by atoms with E-state index >= 15 is 0 Å². The zero-order chi connectivity index (χ0) is 14.4. The molecule has 1 heterocycles. The third-order valence-electron chi connectivity index (χ3n) is 3.05. The van der Waals surface area contributed by atoms with Crippen molar-refractivity contribution in [1.82, 2.24) is 15.1 Å². The van der Waals surface area contributed by atoms with Gasteiger partial charge in [0.05, 0.1) is 16.4 Å². The van der Waals surface area contributed by atoms with Crippen molar-refractivity contribution in [2.24, 2.45) is 7.05 Å². The minimum Gasteiger partial charge on any atom is -0.315 e. The van der Waals surface area contributed by atoms with Crippen molar-refractivity contribution >= 4 is 17.4 Å². The summed E-state index contributed by atoms with van der Waals surface area (Å²) in [6, 6.07) is 0.466. The summed E-state index contributed by atoms with van der Waals surface area (Å²) < 4.78 is 1.73. The molecule has 1 aromatic rings. The van der Waals surface area contributed by atoms with E-state index in [2.05, 4.69) is 24.3 Å². The number of carbonyl (C=O) groups is 1. The van der Waals surface area contributed by atoms with Crippen LogP contribution in [0.1, 0.15) is 45.0 Å². The second-order valence-electron chi connectivity index (χ2n) is 5.11. The molecular weight excluding hydrogens is 262 g/mol. The lowest BCUT2D eigenvalue weighted by Crippen LogP contribution is -2.24. The first-order valence-electron chi connectivity index (χ1n) is 6.91. The molecule has 4 nitrogen and oxygen atoms in total. The van der Waals surface area contributed by atoms with Crippen LogP contribution >= 0.6 is 11.6 Å². The van der Waals surface area contributed by atoms with Gasteiger partial charge >= 0.3 is 0 Å². The number of nitrogens with zero attached hydrogens (tertiary/aromatic N) is 2. The normalized spacial score (nSPS) is 11.3. The molecule has 0 aliphatic rings. The van der Waals surface area contributed by atoms with Crippen molar-refractivity contribution in [3.05, 3.63) is 16.4 Å². The van der Waals surface area contributed by atoms with Crippen LogP contribution in [-0.2, 0) is 24.7 Å². The standard InChI is InChI=1S/C14H24ClN3O/c1-5-12-14(15)13(18(4)17-12)9-11(19)7-6-8-16-10(2)3/h10,16H,5-9H2,1-4H3. The zero-order valence-electron chi connectivity index (χ0n) is 12.3. The van der Waals surface area contributed by atoms with Gasteiger partial charge in [0.2, 0.25) is 0 Å². The Morgan fingerprint density at radius 3 is 2.68 bits per heavy atom. The van der Waals surface area contributed by atoms with Crippen molar-refractivity contribution in [2.45, 2.75) is 52.5 Å². The first kappa shape index (κ1) is 16.2. The van der Waals surface area contributed by atoms with Crippen LogP contribution in [-0.4, -0.2) is 28.2 Å². The van der Waals surface area contributed by atoms with Crippen LogP contribution in [0.15, 0.2) is 0 Å². The molecule has 19 heavy (non-hydrogen) atoms. The van der Waals surface area contributed by atoms with Gasteiger partial charge in [-0.3, -0.25) is 9.48 Å². The Kier molecular flexibility index (Phi) is 6.52. The summed E-state index contributed by atoms with van der Waals surface area (Å²) >= 11 is 6.23. The minimum atomic E-state index is 0.220. The van der Waals surface area contributed by atoms with E-state index < -0.39 is 0 Å². The molecule has 5 heteroatoms. The van der Waals surface area contributed by atoms with Crippen LogP contribution in [0.5, 0.6) is 0 Å². The first-order chi connectivity index (χ1) is 8.95. The van der Waals surface area contributed by atoms with Gasteiger partial charge in [-0.15, -0.1) is 0 Å². The summed E-state index contributed by atoms with van der Waals surface area (Å²) in [5, 5.41) is 8.28. The molecule has 1 rings (SSSR count). The highest BCUT2D eigenvalue weighted by Crippen LogP contribution is 2.21. The van der Waals surface area contributed by atoms with Crippen LogP contribution < -0.4 is 5.32 Å². The summed E-state index contributed by atoms with van der Waals surface area (Å²) in [6.07, 6.45) is 2.62. The number of aryl methyl sites for hydroxylation is 2. The monoisotopic (exact) mass is 285 g/mol. The molecule has 108 valence electrons. The van der Waals surface area contributed by atoms with Gasteiger partial charge in [-0.05, 0) is 19.4 Å². The summed E-state index contributed by atoms with van der Waals surface area (Å²) in [7, 11) is 1.84. The van der Waals surface area contributed by atoms with Crippen molar-refractivity contribution in [3.8, 4) is 0 Å². The fourth-order valence-electron chi connectivity index (χ4n) is 1.96. The second kappa shape index (κ2) is 7.65. The molecule has 0 atom stereocenters. The van der Waals surface area contributed by atoms with Crippen LogP contribution in [0, 0.1) is 0 Å². The van der Waals surface area contributed by atoms with Gasteiger partial charge in [-0.2, -0.15) is 5.10 Å². The van der Waals surface area contributed by atoms with Crippen LogP contribution in [0.3, 0.4) is 0 Å². The van der Waals surface area contributed by atoms with E-state index in [-0.39, 0.29) is 5.78 Å². The molecule has 0 aliphatic carbocycles. The van der Waals surface area contributed by atoms with Gasteiger partial charge in [0.1, 0.15) is 5.78 Å². The number of Topliss-reactive ketones (excluding diaryl/α,β-unsaturated/α-hetero) is 1. The summed E-state index contributed by atoms with van der Waals surface area (Å²) in [5.41, 5.74) is 1.70. The van der Waals surface area contributed by atoms with Crippen molar-refractivity contribution in [1.29, 1.82) is 0 Å². The van der Waals surface area contributed by atoms with E-state index in [9.17, 15) is 4.79 Å². The molecular formula is C14H24ClN3O. The van der Waals surface area contributed by atoms with Crippen LogP contribution in [0.4, 0.5) is 0 Å². The fourth-order valence-corrected chi connectivity index (χ4v) is 2.32. The van der Waals surface area contributed by atoms with Crippen LogP contribution in [0.25, 0.3) is 0 Å². The van der Waals surface area contributed by atoms with E-state index in [1.165, 1.54) is 0 Å². The number of rotatable bonds is 8. The van der Waals surface area contributed by atoms with Gasteiger partial charge in [0, 0.05) is 25.9 Å². The number of hydrogen-bond acceptors (Lipinski definition) is 3. The zero-order valence-corrected chi connectivity index (χ0v) is 13.0.